The molecule has 0 spiro atoms. The van der Waals surface area contributed by atoms with Crippen molar-refractivity contribution in [1.29, 1.82) is 0 Å². The topological polar surface area (TPSA) is 128 Å². The number of carboxylic acids is 1. The number of nitrogens with one attached hydrogen (secondary N) is 3. The van der Waals surface area contributed by atoms with E-state index >= 15 is 0 Å². The van der Waals surface area contributed by atoms with Crippen molar-refractivity contribution in [1.82, 2.24) is 4.90 Å². The number of rotatable bonds is 9. The molecule has 1 fully saturated rings. The Kier molecular flexibility index (Phi) is 8.83. The molecule has 0 unspecified atom stereocenters. The molecule has 2 aromatic rings. The van der Waals surface area contributed by atoms with Gasteiger partial charge in [0.05, 0.1) is 0 Å². The van der Waals surface area contributed by atoms with Gasteiger partial charge in [-0.1, -0.05) is 25.1 Å². The summed E-state index contributed by atoms with van der Waals surface area (Å²) >= 11 is 0. The number of likely N-dealkylation sites (tertiary alicyclic amines) is 1. The summed E-state index contributed by atoms with van der Waals surface area (Å²) in [6.07, 6.45) is 2.05. The molecule has 3 rings (SSSR count). The first-order valence-corrected chi connectivity index (χ1v) is 11.8. The van der Waals surface area contributed by atoms with Gasteiger partial charge in [-0.2, -0.15) is 0 Å². The minimum absolute atomic E-state index is 0.0234. The predicted molar refractivity (Wildman–Crippen MR) is 134 cm³/mol. The lowest BCUT2D eigenvalue weighted by molar-refractivity contribution is -0.139. The highest BCUT2D eigenvalue weighted by Crippen LogP contribution is 2.23. The average molecular weight is 481 g/mol. The molecule has 186 valence electrons. The van der Waals surface area contributed by atoms with E-state index in [2.05, 4.69) is 16.0 Å². The van der Waals surface area contributed by atoms with Gasteiger partial charge in [-0.15, -0.1) is 0 Å². The molecule has 0 bridgehead atoms. The van der Waals surface area contributed by atoms with Crippen LogP contribution in [0.4, 0.5) is 21.9 Å². The van der Waals surface area contributed by atoms with Crippen molar-refractivity contribution in [2.75, 3.05) is 22.5 Å². The molecule has 1 heterocycles. The average Bonchev–Trinajstić information content (AvgIpc) is 3.30. The van der Waals surface area contributed by atoms with E-state index < -0.39 is 12.0 Å². The summed E-state index contributed by atoms with van der Waals surface area (Å²) in [7, 11) is 0. The number of benzene rings is 2. The van der Waals surface area contributed by atoms with Crippen molar-refractivity contribution >= 4 is 40.9 Å². The zero-order valence-corrected chi connectivity index (χ0v) is 20.0. The fraction of sp³-hybridized carbons (Fsp3) is 0.385. The van der Waals surface area contributed by atoms with Gasteiger partial charge in [0.2, 0.25) is 11.8 Å². The zero-order chi connectivity index (χ0) is 25.4. The molecule has 0 radical (unpaired) electrons. The Morgan fingerprint density at radius 3 is 2.31 bits per heavy atom. The second-order valence-electron chi connectivity index (χ2n) is 8.95. The summed E-state index contributed by atoms with van der Waals surface area (Å²) in [5.74, 6) is -1.36. The van der Waals surface area contributed by atoms with E-state index in [9.17, 15) is 19.2 Å². The Hall–Kier alpha value is -3.88. The number of hydrogen-bond donors (Lipinski definition) is 4. The fourth-order valence-electron chi connectivity index (χ4n) is 4.11. The van der Waals surface area contributed by atoms with E-state index in [-0.39, 0.29) is 36.6 Å². The van der Waals surface area contributed by atoms with E-state index in [1.807, 2.05) is 31.2 Å². The first kappa shape index (κ1) is 25.7. The van der Waals surface area contributed by atoms with Crippen molar-refractivity contribution in [2.45, 2.75) is 52.0 Å². The van der Waals surface area contributed by atoms with Gasteiger partial charge < -0.3 is 26.0 Å². The van der Waals surface area contributed by atoms with Gasteiger partial charge in [0.1, 0.15) is 6.04 Å². The van der Waals surface area contributed by atoms with Crippen molar-refractivity contribution in [3.63, 3.8) is 0 Å². The van der Waals surface area contributed by atoms with Crippen LogP contribution in [-0.4, -0.2) is 46.4 Å². The van der Waals surface area contributed by atoms with Crippen LogP contribution in [0.5, 0.6) is 0 Å². The lowest BCUT2D eigenvalue weighted by Gasteiger charge is -2.24. The van der Waals surface area contributed by atoms with E-state index in [4.69, 9.17) is 5.11 Å². The van der Waals surface area contributed by atoms with Crippen LogP contribution in [0.15, 0.2) is 48.5 Å². The maximum Gasteiger partial charge on any atom is 0.323 e. The predicted octanol–water partition coefficient (Wildman–Crippen LogP) is 4.46. The van der Waals surface area contributed by atoms with Gasteiger partial charge in [0.15, 0.2) is 0 Å². The maximum atomic E-state index is 12.8. The van der Waals surface area contributed by atoms with Crippen LogP contribution in [0, 0.1) is 12.8 Å². The third-order valence-electron chi connectivity index (χ3n) is 6.05. The number of carboxylic acid groups (broad SMARTS) is 1. The number of nitrogens with zero attached hydrogens (tertiary/aromatic N) is 1. The van der Waals surface area contributed by atoms with Gasteiger partial charge in [-0.3, -0.25) is 14.4 Å². The normalized spacial score (nSPS) is 15.8. The molecule has 9 heteroatoms. The number of aryl methyl sites for hydroxylation is 1. The number of para-hydroxylation sites is 1. The number of hydrogen-bond acceptors (Lipinski definition) is 4. The Balaban J connectivity index is 1.50. The SMILES string of the molecule is Cc1ccccc1NC(=O)Nc1ccc(NC(=O)[C@@H]2CCCN2C(=O)CC[C@H](C)CC(=O)O)cc1. The molecule has 9 nitrogen and oxygen atoms in total. The second kappa shape index (κ2) is 12.0. The third kappa shape index (κ3) is 7.56. The molecular weight excluding hydrogens is 448 g/mol. The van der Waals surface area contributed by atoms with Crippen LogP contribution in [0.25, 0.3) is 0 Å². The number of carbonyl (C=O) groups excluding carboxylic acids is 3. The Labute approximate surface area is 204 Å². The van der Waals surface area contributed by atoms with Crippen LogP contribution < -0.4 is 16.0 Å². The standard InChI is InChI=1S/C26H32N4O5/c1-17(16-24(32)33)9-14-23(31)30-15-5-8-22(30)25(34)27-19-10-12-20(13-11-19)28-26(35)29-21-7-4-3-6-18(21)2/h3-4,6-7,10-13,17,22H,5,8-9,14-16H2,1-2H3,(H,27,34)(H,32,33)(H2,28,29,35)/t17-,22-/m0/s1. The number of urea groups is 1. The van der Waals surface area contributed by atoms with Gasteiger partial charge >= 0.3 is 12.0 Å². The lowest BCUT2D eigenvalue weighted by atomic mass is 10.0. The Morgan fingerprint density at radius 2 is 1.66 bits per heavy atom. The molecule has 2 atom stereocenters. The van der Waals surface area contributed by atoms with Crippen molar-refractivity contribution < 1.29 is 24.3 Å². The first-order chi connectivity index (χ1) is 16.7. The molecule has 1 aliphatic heterocycles. The highest BCUT2D eigenvalue weighted by Gasteiger charge is 2.34. The van der Waals surface area contributed by atoms with Crippen LogP contribution in [0.1, 0.15) is 44.6 Å². The van der Waals surface area contributed by atoms with E-state index in [1.54, 1.807) is 36.1 Å². The van der Waals surface area contributed by atoms with Crippen molar-refractivity contribution in [3.05, 3.63) is 54.1 Å². The van der Waals surface area contributed by atoms with E-state index in [0.29, 0.717) is 30.8 Å². The van der Waals surface area contributed by atoms with Gasteiger partial charge in [-0.05, 0) is 68.0 Å². The summed E-state index contributed by atoms with van der Waals surface area (Å²) in [5, 5.41) is 17.3. The van der Waals surface area contributed by atoms with E-state index in [0.717, 1.165) is 17.7 Å². The lowest BCUT2D eigenvalue weighted by Crippen LogP contribution is -2.43. The number of amides is 4. The van der Waals surface area contributed by atoms with Crippen LogP contribution >= 0.6 is 0 Å². The second-order valence-corrected chi connectivity index (χ2v) is 8.95. The zero-order valence-electron chi connectivity index (χ0n) is 20.0. The van der Waals surface area contributed by atoms with Gasteiger partial charge in [0, 0.05) is 36.4 Å². The highest BCUT2D eigenvalue weighted by molar-refractivity contribution is 6.01. The molecule has 1 aliphatic rings. The molecule has 0 aromatic heterocycles. The minimum atomic E-state index is -0.878. The summed E-state index contributed by atoms with van der Waals surface area (Å²) in [5.41, 5.74) is 2.81. The largest absolute Gasteiger partial charge is 0.481 e. The summed E-state index contributed by atoms with van der Waals surface area (Å²) < 4.78 is 0. The molecule has 2 aromatic carbocycles. The van der Waals surface area contributed by atoms with Crippen LogP contribution in [-0.2, 0) is 14.4 Å². The number of carbonyl (C=O) groups is 4. The van der Waals surface area contributed by atoms with Gasteiger partial charge in [-0.25, -0.2) is 4.79 Å². The van der Waals surface area contributed by atoms with Crippen molar-refractivity contribution in [3.8, 4) is 0 Å². The molecule has 1 saturated heterocycles. The van der Waals surface area contributed by atoms with Crippen molar-refractivity contribution in [2.24, 2.45) is 5.92 Å². The summed E-state index contributed by atoms with van der Waals surface area (Å²) in [6, 6.07) is 13.3. The molecule has 4 amide bonds. The van der Waals surface area contributed by atoms with Gasteiger partial charge in [0.25, 0.3) is 0 Å². The Bertz CT molecular complexity index is 1070. The maximum absolute atomic E-state index is 12.8. The fourth-order valence-corrected chi connectivity index (χ4v) is 4.11. The summed E-state index contributed by atoms with van der Waals surface area (Å²) in [6.45, 7) is 4.23. The minimum Gasteiger partial charge on any atom is -0.481 e. The third-order valence-corrected chi connectivity index (χ3v) is 6.05. The first-order valence-electron chi connectivity index (χ1n) is 11.8. The van der Waals surface area contributed by atoms with E-state index in [1.165, 1.54) is 0 Å². The quantitative estimate of drug-likeness (QED) is 0.421. The number of anilines is 3. The molecule has 0 aliphatic carbocycles. The smallest absolute Gasteiger partial charge is 0.323 e. The Morgan fingerprint density at radius 1 is 1.00 bits per heavy atom. The molecular formula is C26H32N4O5. The highest BCUT2D eigenvalue weighted by atomic mass is 16.4. The molecule has 35 heavy (non-hydrogen) atoms. The van der Waals surface area contributed by atoms with Crippen LogP contribution in [0.3, 0.4) is 0 Å². The summed E-state index contributed by atoms with van der Waals surface area (Å²) in [4.78, 5) is 50.2. The number of aliphatic carboxylic acids is 1. The van der Waals surface area contributed by atoms with Crippen LogP contribution in [0.2, 0.25) is 0 Å². The molecule has 4 N–H and O–H groups in total. The molecule has 0 saturated carbocycles. The monoisotopic (exact) mass is 480 g/mol.